The molecule has 1 aliphatic carbocycles. The highest BCUT2D eigenvalue weighted by atomic mass is 32.1. The van der Waals surface area contributed by atoms with Gasteiger partial charge in [0.1, 0.15) is 0 Å². The van der Waals surface area contributed by atoms with Gasteiger partial charge in [-0.25, -0.2) is 9.78 Å². The number of aromatic nitrogens is 1. The molecule has 1 fully saturated rings. The number of hydrogen-bond acceptors (Lipinski definition) is 4. The highest BCUT2D eigenvalue weighted by Crippen LogP contribution is 2.23. The average molecular weight is 297 g/mol. The van der Waals surface area contributed by atoms with Crippen LogP contribution in [0.5, 0.6) is 0 Å². The third kappa shape index (κ3) is 4.76. The molecule has 5 nitrogen and oxygen atoms in total. The van der Waals surface area contributed by atoms with E-state index in [0.29, 0.717) is 17.6 Å². The van der Waals surface area contributed by atoms with E-state index in [9.17, 15) is 9.90 Å². The van der Waals surface area contributed by atoms with Crippen molar-refractivity contribution in [2.45, 2.75) is 51.6 Å². The SMILES string of the molecule is CCCc1cnc(NC(=O)NC[C@H]2CCC[C@H](O)C2)s1. The van der Waals surface area contributed by atoms with E-state index in [1.54, 1.807) is 0 Å². The summed E-state index contributed by atoms with van der Waals surface area (Å²) in [4.78, 5) is 17.2. The van der Waals surface area contributed by atoms with Gasteiger partial charge in [0.05, 0.1) is 6.10 Å². The number of aryl methyl sites for hydroxylation is 1. The smallest absolute Gasteiger partial charge is 0.321 e. The Bertz CT molecular complexity index is 436. The predicted molar refractivity (Wildman–Crippen MR) is 81.1 cm³/mol. The Morgan fingerprint density at radius 1 is 1.55 bits per heavy atom. The molecular formula is C14H23N3O2S. The number of aliphatic hydroxyl groups excluding tert-OH is 1. The van der Waals surface area contributed by atoms with Crippen molar-refractivity contribution in [1.82, 2.24) is 10.3 Å². The van der Waals surface area contributed by atoms with Crippen LogP contribution in [-0.2, 0) is 6.42 Å². The molecule has 6 heteroatoms. The molecule has 2 rings (SSSR count). The topological polar surface area (TPSA) is 74.2 Å². The number of thiazole rings is 1. The van der Waals surface area contributed by atoms with E-state index in [4.69, 9.17) is 0 Å². The third-order valence-electron chi connectivity index (χ3n) is 3.58. The maximum atomic E-state index is 11.8. The van der Waals surface area contributed by atoms with Crippen LogP contribution in [0.25, 0.3) is 0 Å². The van der Waals surface area contributed by atoms with Crippen molar-refractivity contribution >= 4 is 22.5 Å². The molecular weight excluding hydrogens is 274 g/mol. The number of carbonyl (C=O) groups excluding carboxylic acids is 1. The zero-order chi connectivity index (χ0) is 14.4. The zero-order valence-electron chi connectivity index (χ0n) is 11.9. The standard InChI is InChI=1S/C14H23N3O2S/c1-2-4-12-9-16-14(20-12)17-13(19)15-8-10-5-3-6-11(18)7-10/h9-11,18H,2-8H2,1H3,(H2,15,16,17,19)/t10-,11-/m0/s1. The molecule has 3 N–H and O–H groups in total. The Morgan fingerprint density at radius 3 is 3.15 bits per heavy atom. The average Bonchev–Trinajstić information content (AvgIpc) is 2.84. The first-order valence-electron chi connectivity index (χ1n) is 7.35. The fourth-order valence-corrected chi connectivity index (χ4v) is 3.46. The number of urea groups is 1. The Kier molecular flexibility index (Phi) is 5.79. The fraction of sp³-hybridized carbons (Fsp3) is 0.714. The van der Waals surface area contributed by atoms with E-state index in [2.05, 4.69) is 22.5 Å². The lowest BCUT2D eigenvalue weighted by atomic mass is 9.87. The van der Waals surface area contributed by atoms with Crippen molar-refractivity contribution in [2.75, 3.05) is 11.9 Å². The van der Waals surface area contributed by atoms with Gasteiger partial charge in [-0.1, -0.05) is 19.8 Å². The molecule has 0 spiro atoms. The van der Waals surface area contributed by atoms with Gasteiger partial charge in [-0.05, 0) is 31.6 Å². The van der Waals surface area contributed by atoms with E-state index in [-0.39, 0.29) is 12.1 Å². The van der Waals surface area contributed by atoms with Crippen LogP contribution in [0.15, 0.2) is 6.20 Å². The van der Waals surface area contributed by atoms with Crippen LogP contribution in [0.2, 0.25) is 0 Å². The van der Waals surface area contributed by atoms with Gasteiger partial charge < -0.3 is 10.4 Å². The van der Waals surface area contributed by atoms with E-state index in [1.807, 2.05) is 6.20 Å². The third-order valence-corrected chi connectivity index (χ3v) is 4.55. The highest BCUT2D eigenvalue weighted by molar-refractivity contribution is 7.15. The van der Waals surface area contributed by atoms with Gasteiger partial charge in [0, 0.05) is 17.6 Å². The van der Waals surface area contributed by atoms with E-state index < -0.39 is 0 Å². The molecule has 1 heterocycles. The number of rotatable bonds is 5. The minimum Gasteiger partial charge on any atom is -0.393 e. The van der Waals surface area contributed by atoms with Crippen molar-refractivity contribution in [1.29, 1.82) is 0 Å². The largest absolute Gasteiger partial charge is 0.393 e. The summed E-state index contributed by atoms with van der Waals surface area (Å²) in [7, 11) is 0. The lowest BCUT2D eigenvalue weighted by Gasteiger charge is -2.25. The molecule has 2 amide bonds. The highest BCUT2D eigenvalue weighted by Gasteiger charge is 2.20. The molecule has 0 saturated heterocycles. The summed E-state index contributed by atoms with van der Waals surface area (Å²) >= 11 is 1.52. The predicted octanol–water partition coefficient (Wildman–Crippen LogP) is 2.77. The molecule has 0 radical (unpaired) electrons. The summed E-state index contributed by atoms with van der Waals surface area (Å²) in [6.45, 7) is 2.74. The summed E-state index contributed by atoms with van der Waals surface area (Å²) in [6.07, 6.45) is 7.51. The summed E-state index contributed by atoms with van der Waals surface area (Å²) < 4.78 is 0. The Morgan fingerprint density at radius 2 is 2.40 bits per heavy atom. The van der Waals surface area contributed by atoms with Gasteiger partial charge >= 0.3 is 6.03 Å². The molecule has 0 aliphatic heterocycles. The first-order chi connectivity index (χ1) is 9.67. The fourth-order valence-electron chi connectivity index (χ4n) is 2.55. The molecule has 0 aromatic carbocycles. The lowest BCUT2D eigenvalue weighted by molar-refractivity contribution is 0.101. The second-order valence-electron chi connectivity index (χ2n) is 5.40. The summed E-state index contributed by atoms with van der Waals surface area (Å²) in [5.74, 6) is 0.386. The molecule has 112 valence electrons. The molecule has 1 aromatic rings. The first-order valence-corrected chi connectivity index (χ1v) is 8.16. The molecule has 20 heavy (non-hydrogen) atoms. The van der Waals surface area contributed by atoms with E-state index in [0.717, 1.165) is 38.5 Å². The summed E-state index contributed by atoms with van der Waals surface area (Å²) in [5.41, 5.74) is 0. The molecule has 1 aliphatic rings. The quantitative estimate of drug-likeness (QED) is 0.782. The minimum absolute atomic E-state index is 0.200. The number of amides is 2. The first kappa shape index (κ1) is 15.3. The van der Waals surface area contributed by atoms with Crippen molar-refractivity contribution in [2.24, 2.45) is 5.92 Å². The maximum absolute atomic E-state index is 11.8. The van der Waals surface area contributed by atoms with Crippen LogP contribution in [0.4, 0.5) is 9.93 Å². The normalized spacial score (nSPS) is 22.5. The molecule has 1 aromatic heterocycles. The van der Waals surface area contributed by atoms with Crippen molar-refractivity contribution < 1.29 is 9.90 Å². The molecule has 2 atom stereocenters. The van der Waals surface area contributed by atoms with Crippen LogP contribution in [0.3, 0.4) is 0 Å². The zero-order valence-corrected chi connectivity index (χ0v) is 12.7. The van der Waals surface area contributed by atoms with Gasteiger partial charge in [0.25, 0.3) is 0 Å². The van der Waals surface area contributed by atoms with E-state index in [1.165, 1.54) is 16.2 Å². The summed E-state index contributed by atoms with van der Waals surface area (Å²) in [5, 5.41) is 15.9. The summed E-state index contributed by atoms with van der Waals surface area (Å²) in [6, 6.07) is -0.206. The van der Waals surface area contributed by atoms with Crippen molar-refractivity contribution in [3.8, 4) is 0 Å². The number of hydrogen-bond donors (Lipinski definition) is 3. The van der Waals surface area contributed by atoms with Crippen LogP contribution < -0.4 is 10.6 Å². The second kappa shape index (κ2) is 7.59. The van der Waals surface area contributed by atoms with Crippen LogP contribution >= 0.6 is 11.3 Å². The van der Waals surface area contributed by atoms with Crippen LogP contribution in [0, 0.1) is 5.92 Å². The van der Waals surface area contributed by atoms with Gasteiger partial charge in [-0.15, -0.1) is 11.3 Å². The van der Waals surface area contributed by atoms with Crippen LogP contribution in [-0.4, -0.2) is 28.8 Å². The number of aliphatic hydroxyl groups is 1. The van der Waals surface area contributed by atoms with E-state index >= 15 is 0 Å². The van der Waals surface area contributed by atoms with Crippen LogP contribution in [0.1, 0.15) is 43.9 Å². The molecule has 0 unspecified atom stereocenters. The maximum Gasteiger partial charge on any atom is 0.321 e. The number of nitrogens with zero attached hydrogens (tertiary/aromatic N) is 1. The molecule has 0 bridgehead atoms. The monoisotopic (exact) mass is 297 g/mol. The number of carbonyl (C=O) groups is 1. The lowest BCUT2D eigenvalue weighted by Crippen LogP contribution is -2.35. The Balaban J connectivity index is 1.71. The number of nitrogens with one attached hydrogen (secondary N) is 2. The van der Waals surface area contributed by atoms with Crippen molar-refractivity contribution in [3.63, 3.8) is 0 Å². The Labute approximate surface area is 123 Å². The molecule has 1 saturated carbocycles. The second-order valence-corrected chi connectivity index (χ2v) is 6.52. The van der Waals surface area contributed by atoms with Gasteiger partial charge in [0.15, 0.2) is 5.13 Å². The van der Waals surface area contributed by atoms with Gasteiger partial charge in [-0.2, -0.15) is 0 Å². The van der Waals surface area contributed by atoms with Gasteiger partial charge in [-0.3, -0.25) is 5.32 Å². The van der Waals surface area contributed by atoms with Crippen molar-refractivity contribution in [3.05, 3.63) is 11.1 Å². The minimum atomic E-state index is -0.206. The number of anilines is 1. The van der Waals surface area contributed by atoms with Gasteiger partial charge in [0.2, 0.25) is 0 Å². The Hall–Kier alpha value is -1.14.